The van der Waals surface area contributed by atoms with E-state index < -0.39 is 5.97 Å². The Morgan fingerprint density at radius 3 is 2.33 bits per heavy atom. The molecule has 0 aromatic carbocycles. The molecule has 0 spiro atoms. The molecule has 18 heavy (non-hydrogen) atoms. The number of rotatable bonds is 9. The quantitative estimate of drug-likeness (QED) is 0.641. The second-order valence-electron chi connectivity index (χ2n) is 5.63. The van der Waals surface area contributed by atoms with E-state index in [0.717, 1.165) is 19.5 Å². The van der Waals surface area contributed by atoms with Crippen LogP contribution in [0.3, 0.4) is 0 Å². The zero-order chi connectivity index (χ0) is 13.4. The van der Waals surface area contributed by atoms with Crippen LogP contribution in [0.1, 0.15) is 65.2 Å². The van der Waals surface area contributed by atoms with Crippen molar-refractivity contribution in [3.05, 3.63) is 0 Å². The third-order valence-electron chi connectivity index (χ3n) is 4.25. The molecule has 106 valence electrons. The third-order valence-corrected chi connectivity index (χ3v) is 4.25. The highest BCUT2D eigenvalue weighted by Crippen LogP contribution is 2.24. The van der Waals surface area contributed by atoms with E-state index in [2.05, 4.69) is 18.7 Å². The van der Waals surface area contributed by atoms with Crippen molar-refractivity contribution in [1.82, 2.24) is 4.90 Å². The van der Waals surface area contributed by atoms with Crippen LogP contribution >= 0.6 is 0 Å². The molecule has 0 amide bonds. The van der Waals surface area contributed by atoms with Crippen LogP contribution in [0.5, 0.6) is 0 Å². The van der Waals surface area contributed by atoms with E-state index in [1.54, 1.807) is 0 Å². The third kappa shape index (κ3) is 4.97. The lowest BCUT2D eigenvalue weighted by Gasteiger charge is -2.22. The number of likely N-dealkylation sites (tertiary alicyclic amines) is 1. The van der Waals surface area contributed by atoms with E-state index in [4.69, 9.17) is 5.11 Å². The average molecular weight is 255 g/mol. The van der Waals surface area contributed by atoms with Crippen molar-refractivity contribution in [2.24, 2.45) is 5.92 Å². The lowest BCUT2D eigenvalue weighted by Crippen LogP contribution is -2.33. The van der Waals surface area contributed by atoms with Crippen molar-refractivity contribution in [2.45, 2.75) is 71.3 Å². The topological polar surface area (TPSA) is 40.5 Å². The Kier molecular flexibility index (Phi) is 7.33. The first-order valence-corrected chi connectivity index (χ1v) is 7.63. The van der Waals surface area contributed by atoms with Gasteiger partial charge in [0.2, 0.25) is 0 Å². The normalized spacial score (nSPS) is 24.6. The van der Waals surface area contributed by atoms with Crippen LogP contribution in [0.25, 0.3) is 0 Å². The number of unbranched alkanes of at least 4 members (excludes halogenated alkanes) is 6. The van der Waals surface area contributed by atoms with Crippen molar-refractivity contribution >= 4 is 5.97 Å². The molecule has 3 heteroatoms. The molecule has 0 radical (unpaired) electrons. The largest absolute Gasteiger partial charge is 0.481 e. The van der Waals surface area contributed by atoms with Gasteiger partial charge in [-0.15, -0.1) is 0 Å². The van der Waals surface area contributed by atoms with E-state index in [0.29, 0.717) is 0 Å². The van der Waals surface area contributed by atoms with Gasteiger partial charge in [-0.05, 0) is 32.9 Å². The van der Waals surface area contributed by atoms with Crippen molar-refractivity contribution in [3.8, 4) is 0 Å². The van der Waals surface area contributed by atoms with Crippen LogP contribution in [0.15, 0.2) is 0 Å². The molecule has 0 aromatic rings. The maximum absolute atomic E-state index is 11.0. The fourth-order valence-corrected chi connectivity index (χ4v) is 2.92. The van der Waals surface area contributed by atoms with Gasteiger partial charge in [0.1, 0.15) is 0 Å². The molecule has 0 aliphatic carbocycles. The standard InChI is InChI=1S/C15H29NO2/c1-3-4-5-6-7-8-9-11-16-12-10-14(13(16)2)15(17)18/h13-14H,3-12H2,1-2H3,(H,17,18). The molecule has 1 saturated heterocycles. The number of carbonyl (C=O) groups is 1. The van der Waals surface area contributed by atoms with Gasteiger partial charge in [-0.3, -0.25) is 9.69 Å². The summed E-state index contributed by atoms with van der Waals surface area (Å²) in [4.78, 5) is 13.4. The minimum atomic E-state index is -0.621. The molecule has 0 bridgehead atoms. The van der Waals surface area contributed by atoms with Gasteiger partial charge < -0.3 is 5.11 Å². The lowest BCUT2D eigenvalue weighted by atomic mass is 10.0. The fraction of sp³-hybridized carbons (Fsp3) is 0.933. The smallest absolute Gasteiger partial charge is 0.308 e. The van der Waals surface area contributed by atoms with Crippen LogP contribution < -0.4 is 0 Å². The van der Waals surface area contributed by atoms with Gasteiger partial charge in [-0.1, -0.05) is 45.4 Å². The maximum atomic E-state index is 11.0. The molecule has 1 aliphatic heterocycles. The first kappa shape index (κ1) is 15.5. The van der Waals surface area contributed by atoms with Crippen molar-refractivity contribution in [1.29, 1.82) is 0 Å². The minimum Gasteiger partial charge on any atom is -0.481 e. The monoisotopic (exact) mass is 255 g/mol. The maximum Gasteiger partial charge on any atom is 0.308 e. The number of carboxylic acid groups (broad SMARTS) is 1. The van der Waals surface area contributed by atoms with Gasteiger partial charge >= 0.3 is 5.97 Å². The number of hydrogen-bond donors (Lipinski definition) is 1. The zero-order valence-corrected chi connectivity index (χ0v) is 12.0. The highest BCUT2D eigenvalue weighted by molar-refractivity contribution is 5.71. The molecule has 1 fully saturated rings. The van der Waals surface area contributed by atoms with Gasteiger partial charge in [0, 0.05) is 6.04 Å². The summed E-state index contributed by atoms with van der Waals surface area (Å²) >= 11 is 0. The molecular formula is C15H29NO2. The van der Waals surface area contributed by atoms with Crippen LogP contribution in [-0.4, -0.2) is 35.1 Å². The van der Waals surface area contributed by atoms with Gasteiger partial charge in [0.05, 0.1) is 5.92 Å². The molecule has 2 unspecified atom stereocenters. The van der Waals surface area contributed by atoms with Crippen molar-refractivity contribution in [3.63, 3.8) is 0 Å². The summed E-state index contributed by atoms with van der Waals surface area (Å²) in [6.07, 6.45) is 10.1. The molecule has 1 aliphatic rings. The van der Waals surface area contributed by atoms with E-state index >= 15 is 0 Å². The van der Waals surface area contributed by atoms with Crippen LogP contribution in [-0.2, 0) is 4.79 Å². The Balaban J connectivity index is 2.04. The molecule has 0 saturated carbocycles. The molecule has 1 rings (SSSR count). The molecule has 1 N–H and O–H groups in total. The van der Waals surface area contributed by atoms with E-state index in [9.17, 15) is 4.79 Å². The molecule has 1 heterocycles. The van der Waals surface area contributed by atoms with Crippen LogP contribution in [0, 0.1) is 5.92 Å². The second-order valence-corrected chi connectivity index (χ2v) is 5.63. The Labute approximate surface area is 112 Å². The molecule has 0 aromatic heterocycles. The average Bonchev–Trinajstić information content (AvgIpc) is 2.70. The summed E-state index contributed by atoms with van der Waals surface area (Å²) < 4.78 is 0. The fourth-order valence-electron chi connectivity index (χ4n) is 2.92. The van der Waals surface area contributed by atoms with Gasteiger partial charge in [-0.2, -0.15) is 0 Å². The first-order chi connectivity index (χ1) is 8.66. The number of aliphatic carboxylic acids is 1. The van der Waals surface area contributed by atoms with Crippen molar-refractivity contribution < 1.29 is 9.90 Å². The summed E-state index contributed by atoms with van der Waals surface area (Å²) in [6, 6.07) is 0.225. The Bertz CT molecular complexity index is 243. The first-order valence-electron chi connectivity index (χ1n) is 7.63. The van der Waals surface area contributed by atoms with Crippen LogP contribution in [0.2, 0.25) is 0 Å². The second kappa shape index (κ2) is 8.52. The van der Waals surface area contributed by atoms with Gasteiger partial charge in [-0.25, -0.2) is 0 Å². The molecular weight excluding hydrogens is 226 g/mol. The van der Waals surface area contributed by atoms with Gasteiger partial charge in [0.15, 0.2) is 0 Å². The zero-order valence-electron chi connectivity index (χ0n) is 12.0. The van der Waals surface area contributed by atoms with Crippen molar-refractivity contribution in [2.75, 3.05) is 13.1 Å². The summed E-state index contributed by atoms with van der Waals surface area (Å²) in [6.45, 7) is 6.35. The minimum absolute atomic E-state index is 0.144. The number of nitrogens with zero attached hydrogens (tertiary/aromatic N) is 1. The predicted molar refractivity (Wildman–Crippen MR) is 74.8 cm³/mol. The number of hydrogen-bond acceptors (Lipinski definition) is 2. The van der Waals surface area contributed by atoms with Gasteiger partial charge in [0.25, 0.3) is 0 Å². The summed E-state index contributed by atoms with van der Waals surface area (Å²) in [7, 11) is 0. The predicted octanol–water partition coefficient (Wildman–Crippen LogP) is 3.53. The van der Waals surface area contributed by atoms with E-state index in [1.807, 2.05) is 0 Å². The summed E-state index contributed by atoms with van der Waals surface area (Å²) in [5, 5.41) is 9.07. The number of carboxylic acids is 1. The SMILES string of the molecule is CCCCCCCCCN1CCC(C(=O)O)C1C. The lowest BCUT2D eigenvalue weighted by molar-refractivity contribution is -0.142. The van der Waals surface area contributed by atoms with E-state index in [1.165, 1.54) is 44.9 Å². The van der Waals surface area contributed by atoms with Crippen LogP contribution in [0.4, 0.5) is 0 Å². The Morgan fingerprint density at radius 1 is 1.17 bits per heavy atom. The summed E-state index contributed by atoms with van der Waals surface area (Å²) in [5.41, 5.74) is 0. The Hall–Kier alpha value is -0.570. The Morgan fingerprint density at radius 2 is 1.78 bits per heavy atom. The highest BCUT2D eigenvalue weighted by Gasteiger charge is 2.34. The molecule has 3 nitrogen and oxygen atoms in total. The van der Waals surface area contributed by atoms with E-state index in [-0.39, 0.29) is 12.0 Å². The summed E-state index contributed by atoms with van der Waals surface area (Å²) in [5.74, 6) is -0.765. The molecule has 2 atom stereocenters. The highest BCUT2D eigenvalue weighted by atomic mass is 16.4.